The molecule has 0 radical (unpaired) electrons. The van der Waals surface area contributed by atoms with Gasteiger partial charge in [-0.1, -0.05) is 48.5 Å². The van der Waals surface area contributed by atoms with Crippen molar-refractivity contribution in [2.75, 3.05) is 13.1 Å². The number of aliphatic hydroxyl groups is 1. The van der Waals surface area contributed by atoms with Gasteiger partial charge in [0.2, 0.25) is 5.91 Å². The van der Waals surface area contributed by atoms with Crippen molar-refractivity contribution in [3.05, 3.63) is 11.1 Å². The molecule has 1 saturated heterocycles. The molecule has 7 heteroatoms. The average Bonchev–Trinajstić information content (AvgIpc) is 3.26. The van der Waals surface area contributed by atoms with Gasteiger partial charge in [-0.3, -0.25) is 9.59 Å². The Morgan fingerprint density at radius 3 is 2.15 bits per heavy atom. The van der Waals surface area contributed by atoms with Crippen LogP contribution in [0.4, 0.5) is 4.79 Å². The molecule has 1 heterocycles. The maximum atomic E-state index is 14.1. The standard InChI is InChI=1S/C40H64N2O5/c1-24(2)31-27(43)23-40(41-33(45)25-15-21-42(22-16-25)34(46)47-35(3,4)5)20-19-38(9)26(32(31)40)11-12-29-37(8)17-14-30(44)36(6,7)28(37)13-18-39(29,38)10/h24-26,28-30,44H,11-23H2,1-10H3,(H,41,45)/t26-,28+,29-,30+,37+,38-,39-,40-/m1/s1. The van der Waals surface area contributed by atoms with Gasteiger partial charge in [0.25, 0.3) is 0 Å². The van der Waals surface area contributed by atoms with E-state index in [2.05, 4.69) is 53.8 Å². The van der Waals surface area contributed by atoms with Crippen LogP contribution < -0.4 is 5.32 Å². The molecule has 8 atom stereocenters. The van der Waals surface area contributed by atoms with Gasteiger partial charge >= 0.3 is 6.09 Å². The Hall–Kier alpha value is -1.89. The van der Waals surface area contributed by atoms with E-state index in [0.717, 1.165) is 56.9 Å². The van der Waals surface area contributed by atoms with E-state index in [9.17, 15) is 19.5 Å². The van der Waals surface area contributed by atoms with E-state index in [0.29, 0.717) is 44.2 Å². The minimum absolute atomic E-state index is 0.0389. The molecule has 0 unspecified atom stereocenters. The quantitative estimate of drug-likeness (QED) is 0.324. The number of nitrogens with zero attached hydrogens (tertiary/aromatic N) is 1. The fourth-order valence-electron chi connectivity index (χ4n) is 12.7. The third-order valence-corrected chi connectivity index (χ3v) is 15.3. The van der Waals surface area contributed by atoms with Gasteiger partial charge in [-0.15, -0.1) is 0 Å². The first-order chi connectivity index (χ1) is 21.7. The summed E-state index contributed by atoms with van der Waals surface area (Å²) in [5.41, 5.74) is 1.41. The molecular formula is C40H64N2O5. The molecule has 7 nitrogen and oxygen atoms in total. The van der Waals surface area contributed by atoms with E-state index >= 15 is 0 Å². The SMILES string of the molecule is CC(C)C1=C2[C@H]3CC[C@@H]4[C@@]5(C)CC[C@H](O)C(C)(C)[C@@H]5CC[C@@]4(C)[C@]3(C)CC[C@@]2(NC(=O)C2CCN(C(=O)OC(C)(C)C)CC2)CC1=O. The summed E-state index contributed by atoms with van der Waals surface area (Å²) < 4.78 is 5.58. The molecule has 4 saturated carbocycles. The number of allylic oxidation sites excluding steroid dienone is 1. The van der Waals surface area contributed by atoms with E-state index in [4.69, 9.17) is 4.74 Å². The Bertz CT molecular complexity index is 1340. The molecule has 0 aromatic rings. The van der Waals surface area contributed by atoms with Crippen molar-refractivity contribution >= 4 is 17.8 Å². The molecule has 5 fully saturated rings. The van der Waals surface area contributed by atoms with Gasteiger partial charge in [-0.25, -0.2) is 4.79 Å². The molecule has 5 aliphatic carbocycles. The van der Waals surface area contributed by atoms with Gasteiger partial charge in [0.1, 0.15) is 5.60 Å². The zero-order valence-electron chi connectivity index (χ0n) is 31.2. The molecule has 6 aliphatic rings. The number of hydrogen-bond donors (Lipinski definition) is 2. The van der Waals surface area contributed by atoms with Crippen molar-refractivity contribution in [1.82, 2.24) is 10.2 Å². The van der Waals surface area contributed by atoms with E-state index in [1.54, 1.807) is 4.90 Å². The summed E-state index contributed by atoms with van der Waals surface area (Å²) >= 11 is 0. The number of fused-ring (bicyclic) bond motifs is 7. The molecule has 2 amide bonds. The number of ether oxygens (including phenoxy) is 1. The van der Waals surface area contributed by atoms with Gasteiger partial charge in [-0.05, 0) is 141 Å². The summed E-state index contributed by atoms with van der Waals surface area (Å²) in [5.74, 6) is 1.59. The maximum Gasteiger partial charge on any atom is 0.410 e. The van der Waals surface area contributed by atoms with E-state index < -0.39 is 11.1 Å². The lowest BCUT2D eigenvalue weighted by Crippen LogP contribution is -2.67. The second-order valence-corrected chi connectivity index (χ2v) is 19.4. The highest BCUT2D eigenvalue weighted by Gasteiger charge is 2.70. The topological polar surface area (TPSA) is 95.9 Å². The number of ketones is 1. The third kappa shape index (κ3) is 5.25. The van der Waals surface area contributed by atoms with Gasteiger partial charge in [0.15, 0.2) is 5.78 Å². The zero-order chi connectivity index (χ0) is 34.5. The first kappa shape index (κ1) is 35.0. The largest absolute Gasteiger partial charge is 0.444 e. The number of rotatable bonds is 3. The second-order valence-electron chi connectivity index (χ2n) is 19.4. The lowest BCUT2D eigenvalue weighted by molar-refractivity contribution is -0.227. The zero-order valence-corrected chi connectivity index (χ0v) is 31.2. The molecule has 0 bridgehead atoms. The number of carbonyl (C=O) groups is 3. The number of amides is 2. The summed E-state index contributed by atoms with van der Waals surface area (Å²) in [6, 6.07) is 0. The molecule has 2 N–H and O–H groups in total. The molecule has 0 spiro atoms. The predicted octanol–water partition coefficient (Wildman–Crippen LogP) is 7.84. The normalized spacial score (nSPS) is 42.0. The monoisotopic (exact) mass is 652 g/mol. The Balaban J connectivity index is 1.27. The molecule has 1 aliphatic heterocycles. The van der Waals surface area contributed by atoms with Crippen LogP contribution in [0.5, 0.6) is 0 Å². The molecule has 0 aromatic heterocycles. The summed E-state index contributed by atoms with van der Waals surface area (Å²) in [4.78, 5) is 42.5. The van der Waals surface area contributed by atoms with Crippen molar-refractivity contribution in [1.29, 1.82) is 0 Å². The summed E-state index contributed by atoms with van der Waals surface area (Å²) in [6.07, 6.45) is 9.37. The predicted molar refractivity (Wildman–Crippen MR) is 184 cm³/mol. The lowest BCUT2D eigenvalue weighted by Gasteiger charge is -2.72. The van der Waals surface area contributed by atoms with Crippen LogP contribution >= 0.6 is 0 Å². The lowest BCUT2D eigenvalue weighted by atomic mass is 9.33. The van der Waals surface area contributed by atoms with Gasteiger partial charge < -0.3 is 20.1 Å². The van der Waals surface area contributed by atoms with Crippen LogP contribution in [0.25, 0.3) is 0 Å². The van der Waals surface area contributed by atoms with Gasteiger partial charge in [-0.2, -0.15) is 0 Å². The second kappa shape index (κ2) is 11.3. The Morgan fingerprint density at radius 1 is 0.872 bits per heavy atom. The number of aliphatic hydroxyl groups excluding tert-OH is 1. The number of likely N-dealkylation sites (tertiary alicyclic amines) is 1. The fourth-order valence-corrected chi connectivity index (χ4v) is 12.7. The molecule has 0 aromatic carbocycles. The Labute approximate surface area is 284 Å². The fraction of sp³-hybridized carbons (Fsp3) is 0.875. The molecule has 264 valence electrons. The highest BCUT2D eigenvalue weighted by molar-refractivity contribution is 6.02. The first-order valence-corrected chi connectivity index (χ1v) is 19.0. The van der Waals surface area contributed by atoms with E-state index in [1.807, 2.05) is 20.8 Å². The number of Topliss-reactive ketones (excluding diaryl/α,β-unsaturated/α-hetero) is 1. The highest BCUT2D eigenvalue weighted by atomic mass is 16.6. The van der Waals surface area contributed by atoms with Crippen molar-refractivity contribution in [3.63, 3.8) is 0 Å². The average molecular weight is 653 g/mol. The summed E-state index contributed by atoms with van der Waals surface area (Å²) in [7, 11) is 0. The number of nitrogens with one attached hydrogen (secondary N) is 1. The van der Waals surface area contributed by atoms with Crippen molar-refractivity contribution in [3.8, 4) is 0 Å². The van der Waals surface area contributed by atoms with Crippen molar-refractivity contribution in [2.24, 2.45) is 51.2 Å². The minimum atomic E-state index is -0.596. The number of carbonyl (C=O) groups excluding carboxylic acids is 3. The van der Waals surface area contributed by atoms with E-state index in [1.165, 1.54) is 5.57 Å². The van der Waals surface area contributed by atoms with Crippen LogP contribution in [0.1, 0.15) is 140 Å². The van der Waals surface area contributed by atoms with E-state index in [-0.39, 0.29) is 63.3 Å². The number of hydrogen-bond acceptors (Lipinski definition) is 5. The molecule has 6 rings (SSSR count). The van der Waals surface area contributed by atoms with Crippen LogP contribution in [0.2, 0.25) is 0 Å². The number of piperidine rings is 1. The molecular weight excluding hydrogens is 588 g/mol. The molecule has 47 heavy (non-hydrogen) atoms. The van der Waals surface area contributed by atoms with Gasteiger partial charge in [0.05, 0.1) is 11.6 Å². The van der Waals surface area contributed by atoms with Crippen molar-refractivity contribution in [2.45, 2.75) is 157 Å². The summed E-state index contributed by atoms with van der Waals surface area (Å²) in [6.45, 7) is 23.2. The van der Waals surface area contributed by atoms with Crippen LogP contribution in [0.15, 0.2) is 11.1 Å². The van der Waals surface area contributed by atoms with Crippen molar-refractivity contribution < 1.29 is 24.2 Å². The Morgan fingerprint density at radius 2 is 1.53 bits per heavy atom. The minimum Gasteiger partial charge on any atom is -0.444 e. The van der Waals surface area contributed by atoms with Crippen LogP contribution in [0.3, 0.4) is 0 Å². The van der Waals surface area contributed by atoms with Crippen LogP contribution in [-0.2, 0) is 14.3 Å². The summed E-state index contributed by atoms with van der Waals surface area (Å²) in [5, 5.41) is 14.7. The smallest absolute Gasteiger partial charge is 0.410 e. The van der Waals surface area contributed by atoms with Crippen LogP contribution in [0, 0.1) is 51.2 Å². The maximum absolute atomic E-state index is 14.1. The first-order valence-electron chi connectivity index (χ1n) is 19.0. The highest BCUT2D eigenvalue weighted by Crippen LogP contribution is 2.75. The van der Waals surface area contributed by atoms with Crippen LogP contribution in [-0.4, -0.2) is 58.1 Å². The van der Waals surface area contributed by atoms with Gasteiger partial charge in [0, 0.05) is 25.4 Å². The Kier molecular flexibility index (Phi) is 8.42. The third-order valence-electron chi connectivity index (χ3n) is 15.3.